The molecule has 37 heavy (non-hydrogen) atoms. The number of hydrogen-bond acceptors (Lipinski definition) is 6. The normalized spacial score (nSPS) is 20.1. The molecule has 2 atom stereocenters. The Labute approximate surface area is 220 Å². The van der Waals surface area contributed by atoms with E-state index < -0.39 is 0 Å². The van der Waals surface area contributed by atoms with Crippen LogP contribution in [0.3, 0.4) is 0 Å². The molecule has 6 heteroatoms. The summed E-state index contributed by atoms with van der Waals surface area (Å²) in [5.74, 6) is 2.55. The van der Waals surface area contributed by atoms with E-state index in [9.17, 15) is 0 Å². The fourth-order valence-electron chi connectivity index (χ4n) is 3.90. The van der Waals surface area contributed by atoms with Gasteiger partial charge in [-0.25, -0.2) is 0 Å². The van der Waals surface area contributed by atoms with Gasteiger partial charge in [0.25, 0.3) is 0 Å². The molecule has 0 N–H and O–H groups in total. The summed E-state index contributed by atoms with van der Waals surface area (Å²) in [6.07, 6.45) is 0.484. The molecule has 6 nitrogen and oxygen atoms in total. The maximum absolute atomic E-state index is 5.84. The molecule has 2 unspecified atom stereocenters. The minimum absolute atomic E-state index is 0.242. The van der Waals surface area contributed by atoms with E-state index in [0.29, 0.717) is 13.2 Å². The summed E-state index contributed by atoms with van der Waals surface area (Å²) >= 11 is 0. The molecule has 3 heterocycles. The van der Waals surface area contributed by atoms with E-state index in [0.717, 1.165) is 43.7 Å². The molecule has 0 aromatic heterocycles. The van der Waals surface area contributed by atoms with Crippen molar-refractivity contribution in [3.8, 4) is 17.2 Å². The van der Waals surface area contributed by atoms with Gasteiger partial charge in [0.15, 0.2) is 0 Å². The molecule has 3 aromatic rings. The molecule has 3 aliphatic rings. The van der Waals surface area contributed by atoms with Crippen molar-refractivity contribution in [2.75, 3.05) is 46.8 Å². The van der Waals surface area contributed by atoms with E-state index in [1.54, 1.807) is 7.11 Å². The minimum atomic E-state index is -0.359. The molecule has 6 rings (SSSR count). The van der Waals surface area contributed by atoms with Gasteiger partial charge in [-0.2, -0.15) is 0 Å². The van der Waals surface area contributed by atoms with Gasteiger partial charge in [-0.1, -0.05) is 50.2 Å². The Morgan fingerprint density at radius 1 is 0.649 bits per heavy atom. The first kappa shape index (κ1) is 27.0. The summed E-state index contributed by atoms with van der Waals surface area (Å²) in [5.41, 5.74) is 3.18. The second-order valence-corrected chi connectivity index (χ2v) is 9.05. The van der Waals surface area contributed by atoms with E-state index in [-0.39, 0.29) is 17.6 Å². The molecule has 0 spiro atoms. The van der Waals surface area contributed by atoms with Crippen molar-refractivity contribution in [2.24, 2.45) is 0 Å². The Balaban J connectivity index is 0.000000585. The molecule has 0 bridgehead atoms. The third-order valence-electron chi connectivity index (χ3n) is 6.41. The molecule has 3 fully saturated rings. The predicted molar refractivity (Wildman–Crippen MR) is 144 cm³/mol. The largest absolute Gasteiger partial charge is 0.497 e. The van der Waals surface area contributed by atoms with Crippen LogP contribution in [0.5, 0.6) is 17.2 Å². The van der Waals surface area contributed by atoms with E-state index >= 15 is 0 Å². The SMILES string of the molecule is C1CO1.CC.COc1ccc(C(C)(c2ccc(OCC3CO3)cc2)c2ccc(OCC3CO3)cc2)cc1. The monoisotopic (exact) mass is 506 g/mol. The fraction of sp³-hybridized carbons (Fsp3) is 0.419. The Bertz CT molecular complexity index is 1010. The van der Waals surface area contributed by atoms with Crippen LogP contribution in [0.2, 0.25) is 0 Å². The van der Waals surface area contributed by atoms with Crippen LogP contribution in [-0.4, -0.2) is 59.0 Å². The first-order chi connectivity index (χ1) is 18.1. The minimum Gasteiger partial charge on any atom is -0.497 e. The summed E-state index contributed by atoms with van der Waals surface area (Å²) in [6.45, 7) is 11.0. The van der Waals surface area contributed by atoms with Gasteiger partial charge in [-0.3, -0.25) is 0 Å². The van der Waals surface area contributed by atoms with Crippen LogP contribution < -0.4 is 14.2 Å². The molecule has 0 saturated carbocycles. The van der Waals surface area contributed by atoms with Gasteiger partial charge in [0.2, 0.25) is 0 Å². The lowest BCUT2D eigenvalue weighted by molar-refractivity contribution is 0.263. The van der Waals surface area contributed by atoms with Crippen molar-refractivity contribution in [1.29, 1.82) is 0 Å². The van der Waals surface area contributed by atoms with Gasteiger partial charge in [0, 0.05) is 5.41 Å². The van der Waals surface area contributed by atoms with E-state index in [1.807, 2.05) is 50.2 Å². The van der Waals surface area contributed by atoms with Gasteiger partial charge in [-0.05, 0) is 60.0 Å². The summed E-state index contributed by atoms with van der Waals surface area (Å²) in [5, 5.41) is 0. The molecule has 0 aliphatic carbocycles. The quantitative estimate of drug-likeness (QED) is 0.262. The second-order valence-electron chi connectivity index (χ2n) is 9.05. The Morgan fingerprint density at radius 3 is 1.24 bits per heavy atom. The highest BCUT2D eigenvalue weighted by Gasteiger charge is 2.32. The number of benzene rings is 3. The topological polar surface area (TPSA) is 65.3 Å². The molecule has 0 amide bonds. The van der Waals surface area contributed by atoms with Crippen LogP contribution >= 0.6 is 0 Å². The number of methoxy groups -OCH3 is 1. The molecular formula is C31H38O6. The zero-order valence-corrected chi connectivity index (χ0v) is 22.3. The maximum Gasteiger partial charge on any atom is 0.119 e. The third-order valence-corrected chi connectivity index (χ3v) is 6.41. The van der Waals surface area contributed by atoms with Crippen molar-refractivity contribution in [3.63, 3.8) is 0 Å². The zero-order valence-electron chi connectivity index (χ0n) is 22.3. The average molecular weight is 507 g/mol. The molecule has 198 valence electrons. The van der Waals surface area contributed by atoms with Gasteiger partial charge < -0.3 is 28.4 Å². The number of rotatable bonds is 10. The molecule has 3 saturated heterocycles. The highest BCUT2D eigenvalue weighted by Crippen LogP contribution is 2.40. The molecule has 3 aliphatic heterocycles. The maximum atomic E-state index is 5.84. The lowest BCUT2D eigenvalue weighted by Gasteiger charge is -2.32. The first-order valence-corrected chi connectivity index (χ1v) is 13.1. The van der Waals surface area contributed by atoms with Gasteiger partial charge in [0.1, 0.15) is 42.7 Å². The Hall–Kier alpha value is -3.06. The summed E-state index contributed by atoms with van der Waals surface area (Å²) in [4.78, 5) is 0. The zero-order chi connectivity index (χ0) is 26.1. The van der Waals surface area contributed by atoms with Crippen LogP contribution in [-0.2, 0) is 19.6 Å². The van der Waals surface area contributed by atoms with Crippen LogP contribution in [0.15, 0.2) is 72.8 Å². The van der Waals surface area contributed by atoms with E-state index in [4.69, 9.17) is 23.7 Å². The van der Waals surface area contributed by atoms with Gasteiger partial charge in [-0.15, -0.1) is 0 Å². The van der Waals surface area contributed by atoms with Crippen LogP contribution in [0.4, 0.5) is 0 Å². The highest BCUT2D eigenvalue weighted by molar-refractivity contribution is 5.52. The van der Waals surface area contributed by atoms with Crippen LogP contribution in [0.1, 0.15) is 37.5 Å². The van der Waals surface area contributed by atoms with E-state index in [2.05, 4.69) is 48.1 Å². The smallest absolute Gasteiger partial charge is 0.119 e. The van der Waals surface area contributed by atoms with Gasteiger partial charge in [0.05, 0.1) is 33.5 Å². The lowest BCUT2D eigenvalue weighted by atomic mass is 9.71. The average Bonchev–Trinajstić information content (AvgIpc) is 3.82. The predicted octanol–water partition coefficient (Wildman–Crippen LogP) is 5.65. The summed E-state index contributed by atoms with van der Waals surface area (Å²) in [6, 6.07) is 25.0. The van der Waals surface area contributed by atoms with Crippen molar-refractivity contribution in [2.45, 2.75) is 38.4 Å². The number of epoxide rings is 3. The number of ether oxygens (including phenoxy) is 6. The molecule has 0 radical (unpaired) electrons. The fourth-order valence-corrected chi connectivity index (χ4v) is 3.90. The number of hydrogen-bond donors (Lipinski definition) is 0. The molecule has 3 aromatic carbocycles. The van der Waals surface area contributed by atoms with Crippen LogP contribution in [0, 0.1) is 0 Å². The summed E-state index contributed by atoms with van der Waals surface area (Å²) < 4.78 is 32.0. The second kappa shape index (κ2) is 13.0. The summed E-state index contributed by atoms with van der Waals surface area (Å²) in [7, 11) is 1.69. The highest BCUT2D eigenvalue weighted by atomic mass is 16.6. The molecular weight excluding hydrogens is 468 g/mol. The first-order valence-electron chi connectivity index (χ1n) is 13.1. The third kappa shape index (κ3) is 7.71. The van der Waals surface area contributed by atoms with E-state index in [1.165, 1.54) is 16.7 Å². The lowest BCUT2D eigenvalue weighted by Crippen LogP contribution is -2.25. The Kier molecular flexibility index (Phi) is 9.45. The van der Waals surface area contributed by atoms with Crippen molar-refractivity contribution in [3.05, 3.63) is 89.5 Å². The van der Waals surface area contributed by atoms with Gasteiger partial charge >= 0.3 is 0 Å². The van der Waals surface area contributed by atoms with Crippen molar-refractivity contribution >= 4 is 0 Å². The standard InChI is InChI=1S/C27H28O5.C2H4O.C2H6/c1-27(19-3-9-22(28-2)10-4-19,20-5-11-23(12-6-20)29-15-25-17-31-25)21-7-13-24(14-8-21)30-16-26-18-32-26;1-2-3-1;1-2/h3-14,25-26H,15-18H2,1-2H3;1-2H2;1-2H3. The van der Waals surface area contributed by atoms with Crippen molar-refractivity contribution < 1.29 is 28.4 Å². The van der Waals surface area contributed by atoms with Crippen molar-refractivity contribution in [1.82, 2.24) is 0 Å². The van der Waals surface area contributed by atoms with Crippen LogP contribution in [0.25, 0.3) is 0 Å². The Morgan fingerprint density at radius 2 is 0.973 bits per heavy atom.